The molecule has 0 radical (unpaired) electrons. The molecule has 0 saturated heterocycles. The van der Waals surface area contributed by atoms with Gasteiger partial charge in [-0.1, -0.05) is 0 Å². The number of hydrogen-bond donors (Lipinski definition) is 1. The van der Waals surface area contributed by atoms with Crippen molar-refractivity contribution in [3.8, 4) is 0 Å². The van der Waals surface area contributed by atoms with E-state index in [1.54, 1.807) is 0 Å². The summed E-state index contributed by atoms with van der Waals surface area (Å²) in [6.45, 7) is 0. The number of hydrogen-bond acceptors (Lipinski definition) is 2. The lowest BCUT2D eigenvalue weighted by Crippen LogP contribution is -1.68. The van der Waals surface area contributed by atoms with Gasteiger partial charge in [0.2, 0.25) is 5.95 Å². The van der Waals surface area contributed by atoms with Crippen LogP contribution in [0.15, 0.2) is 11.1 Å². The van der Waals surface area contributed by atoms with E-state index < -0.39 is 0 Å². The Hall–Kier alpha value is -0.510. The number of nitrogens with one attached hydrogen (secondary N) is 1. The average Bonchev–Trinajstić information content (AvgIpc) is 2.14. The molecule has 1 N–H and O–H groups in total. The summed E-state index contributed by atoms with van der Waals surface area (Å²) in [7, 11) is 0. The molecule has 0 unspecified atom stereocenters. The first-order valence-corrected chi connectivity index (χ1v) is 3.30. The number of nitrogens with zero attached hydrogens (tertiary/aromatic N) is 1. The van der Waals surface area contributed by atoms with Gasteiger partial charge in [0.05, 0.1) is 0 Å². The summed E-state index contributed by atoms with van der Waals surface area (Å²) in [5.74, 6) is -0.380. The molecule has 0 bridgehead atoms. The zero-order valence-electron chi connectivity index (χ0n) is 4.31. The van der Waals surface area contributed by atoms with Gasteiger partial charge in [-0.3, -0.25) is 5.10 Å². The van der Waals surface area contributed by atoms with E-state index in [9.17, 15) is 4.39 Å². The predicted octanol–water partition coefficient (Wildman–Crippen LogP) is 1.27. The van der Waals surface area contributed by atoms with Crippen molar-refractivity contribution in [2.45, 2.75) is 5.03 Å². The fraction of sp³-hybridized carbons (Fsp3) is 0.250. The van der Waals surface area contributed by atoms with E-state index in [0.29, 0.717) is 5.03 Å². The molecule has 44 valence electrons. The minimum Gasteiger partial charge on any atom is -0.252 e. The van der Waals surface area contributed by atoms with Crippen LogP contribution >= 0.6 is 11.8 Å². The van der Waals surface area contributed by atoms with Crippen LogP contribution in [0.1, 0.15) is 0 Å². The van der Waals surface area contributed by atoms with Gasteiger partial charge in [0.25, 0.3) is 0 Å². The summed E-state index contributed by atoms with van der Waals surface area (Å²) in [4.78, 5) is 0. The maximum atomic E-state index is 12.0. The molecular weight excluding hydrogens is 127 g/mol. The highest BCUT2D eigenvalue weighted by atomic mass is 32.2. The predicted molar refractivity (Wildman–Crippen MR) is 30.3 cm³/mol. The van der Waals surface area contributed by atoms with Crippen LogP contribution in [0, 0.1) is 5.95 Å². The van der Waals surface area contributed by atoms with Crippen LogP contribution in [0.5, 0.6) is 0 Å². The number of H-pyrrole nitrogens is 1. The Kier molecular flexibility index (Phi) is 1.53. The van der Waals surface area contributed by atoms with Crippen LogP contribution in [0.2, 0.25) is 0 Å². The standard InChI is InChI=1S/C4H5FN2S/c1-8-4-2-3(5)6-7-4/h2H,1H3,(H,6,7). The van der Waals surface area contributed by atoms with Gasteiger partial charge in [0, 0.05) is 6.07 Å². The summed E-state index contributed by atoms with van der Waals surface area (Å²) >= 11 is 1.41. The normalized spacial score (nSPS) is 9.75. The van der Waals surface area contributed by atoms with Crippen LogP contribution in [0.3, 0.4) is 0 Å². The lowest BCUT2D eigenvalue weighted by molar-refractivity contribution is 0.579. The largest absolute Gasteiger partial charge is 0.252 e. The SMILES string of the molecule is CSc1cc(F)[nH]n1. The highest BCUT2D eigenvalue weighted by molar-refractivity contribution is 7.98. The van der Waals surface area contributed by atoms with E-state index >= 15 is 0 Å². The smallest absolute Gasteiger partial charge is 0.210 e. The summed E-state index contributed by atoms with van der Waals surface area (Å²) in [6.07, 6.45) is 1.84. The van der Waals surface area contributed by atoms with Gasteiger partial charge in [-0.05, 0) is 6.26 Å². The highest BCUT2D eigenvalue weighted by Gasteiger charge is 1.94. The van der Waals surface area contributed by atoms with Crippen LogP contribution in [0.4, 0.5) is 4.39 Å². The van der Waals surface area contributed by atoms with Crippen molar-refractivity contribution >= 4 is 11.8 Å². The minimum absolute atomic E-state index is 0.380. The van der Waals surface area contributed by atoms with Crippen molar-refractivity contribution in [2.75, 3.05) is 6.26 Å². The fourth-order valence-electron chi connectivity index (χ4n) is 0.386. The van der Waals surface area contributed by atoms with Gasteiger partial charge < -0.3 is 0 Å². The highest BCUT2D eigenvalue weighted by Crippen LogP contribution is 2.09. The summed E-state index contributed by atoms with van der Waals surface area (Å²) in [6, 6.07) is 1.35. The second-order valence-electron chi connectivity index (χ2n) is 1.26. The van der Waals surface area contributed by atoms with E-state index in [2.05, 4.69) is 10.2 Å². The van der Waals surface area contributed by atoms with Crippen LogP contribution < -0.4 is 0 Å². The van der Waals surface area contributed by atoms with Gasteiger partial charge in [0.15, 0.2) is 0 Å². The van der Waals surface area contributed by atoms with Crippen LogP contribution in [-0.2, 0) is 0 Å². The minimum atomic E-state index is -0.380. The van der Waals surface area contributed by atoms with E-state index in [4.69, 9.17) is 0 Å². The first-order chi connectivity index (χ1) is 3.83. The third-order valence-corrected chi connectivity index (χ3v) is 1.36. The molecule has 1 rings (SSSR count). The Morgan fingerprint density at radius 3 is 2.88 bits per heavy atom. The maximum Gasteiger partial charge on any atom is 0.210 e. The molecule has 1 heterocycles. The fourth-order valence-corrected chi connectivity index (χ4v) is 0.744. The summed E-state index contributed by atoms with van der Waals surface area (Å²) < 4.78 is 12.0. The number of aromatic nitrogens is 2. The van der Waals surface area contributed by atoms with E-state index in [-0.39, 0.29) is 5.95 Å². The van der Waals surface area contributed by atoms with Crippen molar-refractivity contribution in [3.63, 3.8) is 0 Å². The molecule has 0 saturated carbocycles. The number of rotatable bonds is 1. The molecule has 0 spiro atoms. The number of aromatic amines is 1. The van der Waals surface area contributed by atoms with Gasteiger partial charge in [-0.15, -0.1) is 11.8 Å². The first kappa shape index (κ1) is 5.62. The maximum absolute atomic E-state index is 12.0. The van der Waals surface area contributed by atoms with Gasteiger partial charge in [0.1, 0.15) is 5.03 Å². The second kappa shape index (κ2) is 2.17. The Bertz CT molecular complexity index is 174. The first-order valence-electron chi connectivity index (χ1n) is 2.08. The molecule has 0 atom stereocenters. The summed E-state index contributed by atoms with van der Waals surface area (Å²) in [5.41, 5.74) is 0. The Morgan fingerprint density at radius 1 is 1.88 bits per heavy atom. The zero-order chi connectivity index (χ0) is 5.98. The van der Waals surface area contributed by atoms with Gasteiger partial charge in [-0.2, -0.15) is 9.49 Å². The molecule has 0 amide bonds. The summed E-state index contributed by atoms with van der Waals surface area (Å²) in [5, 5.41) is 6.46. The molecular formula is C4H5FN2S. The third-order valence-electron chi connectivity index (χ3n) is 0.732. The average molecular weight is 132 g/mol. The molecule has 0 fully saturated rings. The molecule has 8 heavy (non-hydrogen) atoms. The topological polar surface area (TPSA) is 28.7 Å². The molecule has 0 aliphatic carbocycles. The lowest BCUT2D eigenvalue weighted by atomic mass is 10.7. The number of halogens is 1. The molecule has 4 heteroatoms. The quantitative estimate of drug-likeness (QED) is 0.583. The van der Waals surface area contributed by atoms with E-state index in [1.165, 1.54) is 17.8 Å². The second-order valence-corrected chi connectivity index (χ2v) is 2.08. The monoisotopic (exact) mass is 132 g/mol. The van der Waals surface area contributed by atoms with Crippen LogP contribution in [-0.4, -0.2) is 16.5 Å². The molecule has 1 aromatic rings. The lowest BCUT2D eigenvalue weighted by Gasteiger charge is -1.76. The van der Waals surface area contributed by atoms with Crippen molar-refractivity contribution in [3.05, 3.63) is 12.0 Å². The van der Waals surface area contributed by atoms with E-state index in [0.717, 1.165) is 0 Å². The van der Waals surface area contributed by atoms with Crippen molar-refractivity contribution < 1.29 is 4.39 Å². The zero-order valence-corrected chi connectivity index (χ0v) is 5.13. The molecule has 1 aromatic heterocycles. The van der Waals surface area contributed by atoms with Crippen LogP contribution in [0.25, 0.3) is 0 Å². The van der Waals surface area contributed by atoms with Gasteiger partial charge in [-0.25, -0.2) is 0 Å². The molecule has 0 aliphatic heterocycles. The Labute approximate surface area is 50.5 Å². The number of thioether (sulfide) groups is 1. The van der Waals surface area contributed by atoms with Gasteiger partial charge >= 0.3 is 0 Å². The Balaban J connectivity index is 2.84. The third kappa shape index (κ3) is 1.01. The van der Waals surface area contributed by atoms with Crippen molar-refractivity contribution in [2.24, 2.45) is 0 Å². The van der Waals surface area contributed by atoms with Crippen molar-refractivity contribution in [1.82, 2.24) is 10.2 Å². The molecule has 2 nitrogen and oxygen atoms in total. The van der Waals surface area contributed by atoms with E-state index in [1.807, 2.05) is 6.26 Å². The molecule has 0 aromatic carbocycles. The van der Waals surface area contributed by atoms with Crippen molar-refractivity contribution in [1.29, 1.82) is 0 Å². The molecule has 0 aliphatic rings. The Morgan fingerprint density at radius 2 is 2.62 bits per heavy atom.